The van der Waals surface area contributed by atoms with Crippen LogP contribution in [0, 0.1) is 0 Å². The predicted molar refractivity (Wildman–Crippen MR) is 142 cm³/mol. The van der Waals surface area contributed by atoms with Crippen LogP contribution >= 0.6 is 11.3 Å². The van der Waals surface area contributed by atoms with Crippen LogP contribution in [-0.2, 0) is 9.53 Å². The van der Waals surface area contributed by atoms with Crippen molar-refractivity contribution in [3.05, 3.63) is 97.2 Å². The van der Waals surface area contributed by atoms with Crippen molar-refractivity contribution in [2.75, 3.05) is 20.3 Å². The smallest absolute Gasteiger partial charge is 0.338 e. The molecule has 8 nitrogen and oxygen atoms in total. The standard InChI is InChI=1S/C28H28N2O6S/c1-5-13-35-20-10-8-19(9-11-20)25-24(27(33)36-14-6-2)17(3)29-28-30(25)26(32)23(37-28)16-18-7-12-21(31)22(15-18)34-4/h6-12,15-16,25,31H,2,5,13-14H2,1,3-4H3. The van der Waals surface area contributed by atoms with Crippen molar-refractivity contribution in [1.29, 1.82) is 0 Å². The van der Waals surface area contributed by atoms with Crippen LogP contribution in [0.5, 0.6) is 17.2 Å². The number of phenols is 1. The Kier molecular flexibility index (Phi) is 7.93. The summed E-state index contributed by atoms with van der Waals surface area (Å²) in [6.45, 7) is 8.00. The summed E-state index contributed by atoms with van der Waals surface area (Å²) in [5.41, 5.74) is 1.87. The molecule has 37 heavy (non-hydrogen) atoms. The number of ether oxygens (including phenoxy) is 3. The van der Waals surface area contributed by atoms with Crippen LogP contribution in [0.2, 0.25) is 0 Å². The van der Waals surface area contributed by atoms with Crippen LogP contribution in [0.25, 0.3) is 6.08 Å². The van der Waals surface area contributed by atoms with Gasteiger partial charge in [0.25, 0.3) is 5.56 Å². The maximum Gasteiger partial charge on any atom is 0.338 e. The summed E-state index contributed by atoms with van der Waals surface area (Å²) in [4.78, 5) is 31.9. The average molecular weight is 521 g/mol. The maximum atomic E-state index is 13.7. The first-order valence-electron chi connectivity index (χ1n) is 11.8. The molecule has 4 rings (SSSR count). The lowest BCUT2D eigenvalue weighted by molar-refractivity contribution is -0.138. The normalized spacial score (nSPS) is 15.1. The van der Waals surface area contributed by atoms with E-state index in [9.17, 15) is 14.7 Å². The van der Waals surface area contributed by atoms with Gasteiger partial charge < -0.3 is 19.3 Å². The van der Waals surface area contributed by atoms with Gasteiger partial charge in [-0.2, -0.15) is 0 Å². The molecule has 1 atom stereocenters. The molecular weight excluding hydrogens is 492 g/mol. The summed E-state index contributed by atoms with van der Waals surface area (Å²) in [6, 6.07) is 11.4. The van der Waals surface area contributed by atoms with E-state index in [0.29, 0.717) is 38.7 Å². The molecule has 0 fully saturated rings. The van der Waals surface area contributed by atoms with Crippen molar-refractivity contribution in [3.8, 4) is 17.2 Å². The van der Waals surface area contributed by atoms with Gasteiger partial charge in [0, 0.05) is 0 Å². The number of rotatable bonds is 9. The molecule has 0 saturated heterocycles. The fraction of sp³-hybridized carbons (Fsp3) is 0.250. The number of nitrogens with zero attached hydrogens (tertiary/aromatic N) is 2. The van der Waals surface area contributed by atoms with Gasteiger partial charge in [-0.3, -0.25) is 9.36 Å². The number of hydrogen-bond acceptors (Lipinski definition) is 8. The molecule has 1 aromatic heterocycles. The first-order valence-corrected chi connectivity index (χ1v) is 12.6. The third-order valence-corrected chi connectivity index (χ3v) is 6.73. The summed E-state index contributed by atoms with van der Waals surface area (Å²) in [5.74, 6) is 0.449. The van der Waals surface area contributed by atoms with Crippen molar-refractivity contribution in [2.24, 2.45) is 4.99 Å². The quantitative estimate of drug-likeness (QED) is 0.343. The highest BCUT2D eigenvalue weighted by Gasteiger charge is 2.33. The van der Waals surface area contributed by atoms with Gasteiger partial charge in [-0.25, -0.2) is 9.79 Å². The van der Waals surface area contributed by atoms with Crippen molar-refractivity contribution in [1.82, 2.24) is 4.57 Å². The number of carbonyl (C=O) groups is 1. The van der Waals surface area contributed by atoms with Crippen LogP contribution < -0.4 is 24.4 Å². The Labute approximate surface area is 218 Å². The third kappa shape index (κ3) is 5.36. The van der Waals surface area contributed by atoms with Gasteiger partial charge in [0.05, 0.1) is 35.6 Å². The number of thiazole rings is 1. The van der Waals surface area contributed by atoms with Crippen LogP contribution in [0.1, 0.15) is 37.4 Å². The molecule has 2 heterocycles. The molecule has 1 unspecified atom stereocenters. The number of carbonyl (C=O) groups excluding carboxylic acids is 1. The van der Waals surface area contributed by atoms with E-state index in [4.69, 9.17) is 14.2 Å². The number of fused-ring (bicyclic) bond motifs is 1. The molecule has 2 aromatic carbocycles. The zero-order valence-corrected chi connectivity index (χ0v) is 21.7. The molecule has 1 aliphatic heterocycles. The first kappa shape index (κ1) is 26.0. The van der Waals surface area contributed by atoms with E-state index in [2.05, 4.69) is 11.6 Å². The molecule has 9 heteroatoms. The number of esters is 1. The van der Waals surface area contributed by atoms with E-state index in [1.165, 1.54) is 35.2 Å². The van der Waals surface area contributed by atoms with Crippen LogP contribution in [0.3, 0.4) is 0 Å². The van der Waals surface area contributed by atoms with E-state index in [0.717, 1.165) is 12.0 Å². The minimum absolute atomic E-state index is 0.00535. The highest BCUT2D eigenvalue weighted by molar-refractivity contribution is 7.07. The molecule has 0 spiro atoms. The topological polar surface area (TPSA) is 99.4 Å². The Morgan fingerprint density at radius 2 is 2.00 bits per heavy atom. The molecule has 0 bridgehead atoms. The number of phenolic OH excluding ortho intramolecular Hbond substituents is 1. The summed E-state index contributed by atoms with van der Waals surface area (Å²) >= 11 is 1.22. The summed E-state index contributed by atoms with van der Waals surface area (Å²) < 4.78 is 18.2. The monoisotopic (exact) mass is 520 g/mol. The minimum Gasteiger partial charge on any atom is -0.504 e. The van der Waals surface area contributed by atoms with Crippen molar-refractivity contribution in [2.45, 2.75) is 26.3 Å². The highest BCUT2D eigenvalue weighted by atomic mass is 32.1. The Morgan fingerprint density at radius 1 is 1.24 bits per heavy atom. The molecule has 0 aliphatic carbocycles. The summed E-state index contributed by atoms with van der Waals surface area (Å²) in [6.07, 6.45) is 4.08. The Morgan fingerprint density at radius 3 is 2.68 bits per heavy atom. The summed E-state index contributed by atoms with van der Waals surface area (Å²) in [5, 5.41) is 9.91. The third-order valence-electron chi connectivity index (χ3n) is 5.74. The largest absolute Gasteiger partial charge is 0.504 e. The summed E-state index contributed by atoms with van der Waals surface area (Å²) in [7, 11) is 1.46. The lowest BCUT2D eigenvalue weighted by Gasteiger charge is -2.24. The van der Waals surface area contributed by atoms with Gasteiger partial charge in [0.15, 0.2) is 16.3 Å². The predicted octanol–water partition coefficient (Wildman–Crippen LogP) is 3.47. The minimum atomic E-state index is -0.731. The van der Waals surface area contributed by atoms with Gasteiger partial charge in [0.1, 0.15) is 12.4 Å². The van der Waals surface area contributed by atoms with E-state index < -0.39 is 12.0 Å². The van der Waals surface area contributed by atoms with Crippen molar-refractivity contribution < 1.29 is 24.1 Å². The van der Waals surface area contributed by atoms with E-state index >= 15 is 0 Å². The fourth-order valence-corrected chi connectivity index (χ4v) is 5.06. The number of aromatic hydroxyl groups is 1. The lowest BCUT2D eigenvalue weighted by Crippen LogP contribution is -2.39. The highest BCUT2D eigenvalue weighted by Crippen LogP contribution is 2.32. The van der Waals surface area contributed by atoms with Crippen molar-refractivity contribution in [3.63, 3.8) is 0 Å². The lowest BCUT2D eigenvalue weighted by atomic mass is 9.96. The zero-order valence-electron chi connectivity index (χ0n) is 20.9. The molecule has 192 valence electrons. The molecule has 3 aromatic rings. The fourth-order valence-electron chi connectivity index (χ4n) is 4.01. The van der Waals surface area contributed by atoms with E-state index in [1.54, 1.807) is 25.1 Å². The van der Waals surface area contributed by atoms with Gasteiger partial charge in [0.2, 0.25) is 0 Å². The van der Waals surface area contributed by atoms with E-state index in [-0.39, 0.29) is 23.5 Å². The average Bonchev–Trinajstić information content (AvgIpc) is 3.20. The Bertz CT molecular complexity index is 1530. The van der Waals surface area contributed by atoms with Gasteiger partial charge >= 0.3 is 5.97 Å². The molecule has 0 saturated carbocycles. The first-order chi connectivity index (χ1) is 17.9. The van der Waals surface area contributed by atoms with Gasteiger partial charge in [-0.05, 0) is 54.8 Å². The number of allylic oxidation sites excluding steroid dienone is 1. The molecule has 0 radical (unpaired) electrons. The maximum absolute atomic E-state index is 13.7. The molecule has 0 amide bonds. The SMILES string of the molecule is C=CCOC(=O)C1=C(C)N=c2sc(=Cc3ccc(O)c(OC)c3)c(=O)n2C1c1ccc(OCCC)cc1. The van der Waals surface area contributed by atoms with Crippen molar-refractivity contribution >= 4 is 23.4 Å². The second kappa shape index (κ2) is 11.3. The zero-order chi connectivity index (χ0) is 26.5. The number of benzene rings is 2. The number of aromatic nitrogens is 1. The van der Waals surface area contributed by atoms with Crippen LogP contribution in [-0.4, -0.2) is 36.0 Å². The second-order valence-corrected chi connectivity index (χ2v) is 9.33. The Hall–Kier alpha value is -4.11. The van der Waals surface area contributed by atoms with Crippen LogP contribution in [0.4, 0.5) is 0 Å². The Balaban J connectivity index is 1.87. The molecule has 1 aliphatic rings. The van der Waals surface area contributed by atoms with Gasteiger partial charge in [-0.15, -0.1) is 0 Å². The van der Waals surface area contributed by atoms with E-state index in [1.807, 2.05) is 31.2 Å². The van der Waals surface area contributed by atoms with Crippen LogP contribution in [0.15, 0.2) is 76.2 Å². The second-order valence-electron chi connectivity index (χ2n) is 8.32. The number of hydrogen-bond donors (Lipinski definition) is 1. The molecule has 1 N–H and O–H groups in total. The number of methoxy groups -OCH3 is 1. The molecular formula is C28H28N2O6S. The van der Waals surface area contributed by atoms with Gasteiger partial charge in [-0.1, -0.05) is 49.1 Å².